The van der Waals surface area contributed by atoms with E-state index in [1.165, 1.54) is 0 Å². The largest absolute Gasteiger partial charge is 0.418 e. The second-order valence-corrected chi connectivity index (χ2v) is 3.65. The highest BCUT2D eigenvalue weighted by atomic mass is 16.6. The summed E-state index contributed by atoms with van der Waals surface area (Å²) in [5.74, 6) is 0. The molecule has 0 saturated carbocycles. The third-order valence-corrected chi connectivity index (χ3v) is 1.95. The molecular formula is C9H16N2O3. The molecule has 1 aliphatic heterocycles. The van der Waals surface area contributed by atoms with Gasteiger partial charge < -0.3 is 15.0 Å². The van der Waals surface area contributed by atoms with Crippen molar-refractivity contribution in [3.63, 3.8) is 0 Å². The molecule has 1 rings (SSSR count). The molecule has 0 bridgehead atoms. The van der Waals surface area contributed by atoms with Crippen molar-refractivity contribution in [2.24, 2.45) is 0 Å². The van der Waals surface area contributed by atoms with Crippen LogP contribution in [-0.2, 0) is 4.74 Å². The van der Waals surface area contributed by atoms with Gasteiger partial charge in [0.15, 0.2) is 0 Å². The Morgan fingerprint density at radius 1 is 1.29 bits per heavy atom. The summed E-state index contributed by atoms with van der Waals surface area (Å²) in [4.78, 5) is 23.9. The van der Waals surface area contributed by atoms with Crippen LogP contribution in [0.4, 0.5) is 9.59 Å². The highest BCUT2D eigenvalue weighted by molar-refractivity contribution is 5.83. The molecule has 5 nitrogen and oxygen atoms in total. The Labute approximate surface area is 83.4 Å². The second-order valence-electron chi connectivity index (χ2n) is 3.65. The lowest BCUT2D eigenvalue weighted by molar-refractivity contribution is 0.123. The molecule has 0 spiro atoms. The molecule has 80 valence electrons. The third kappa shape index (κ3) is 3.24. The SMILES string of the molecule is CC(C)NC(=O)OC(=O)N1CCCC1. The van der Waals surface area contributed by atoms with E-state index in [-0.39, 0.29) is 6.04 Å². The van der Waals surface area contributed by atoms with Crippen molar-refractivity contribution in [3.8, 4) is 0 Å². The van der Waals surface area contributed by atoms with E-state index in [1.807, 2.05) is 13.8 Å². The van der Waals surface area contributed by atoms with Crippen molar-refractivity contribution >= 4 is 12.2 Å². The number of likely N-dealkylation sites (tertiary alicyclic amines) is 1. The Kier molecular flexibility index (Phi) is 3.73. The molecule has 0 atom stereocenters. The average molecular weight is 200 g/mol. The molecule has 1 fully saturated rings. The van der Waals surface area contributed by atoms with E-state index >= 15 is 0 Å². The summed E-state index contributed by atoms with van der Waals surface area (Å²) in [5, 5.41) is 2.49. The van der Waals surface area contributed by atoms with Crippen molar-refractivity contribution < 1.29 is 14.3 Å². The molecule has 2 amide bonds. The number of ether oxygens (including phenoxy) is 1. The van der Waals surface area contributed by atoms with Crippen LogP contribution in [0.3, 0.4) is 0 Å². The Bertz CT molecular complexity index is 222. The van der Waals surface area contributed by atoms with E-state index in [4.69, 9.17) is 0 Å². The molecule has 0 aromatic carbocycles. The van der Waals surface area contributed by atoms with Crippen LogP contribution >= 0.6 is 0 Å². The Hall–Kier alpha value is -1.26. The van der Waals surface area contributed by atoms with Gasteiger partial charge in [-0.2, -0.15) is 0 Å². The van der Waals surface area contributed by atoms with Crippen molar-refractivity contribution in [2.45, 2.75) is 32.7 Å². The molecule has 14 heavy (non-hydrogen) atoms. The van der Waals surface area contributed by atoms with Crippen LogP contribution in [0.2, 0.25) is 0 Å². The molecule has 5 heteroatoms. The zero-order valence-corrected chi connectivity index (χ0v) is 8.58. The highest BCUT2D eigenvalue weighted by Crippen LogP contribution is 2.08. The minimum atomic E-state index is -0.670. The number of carbonyl (C=O) groups excluding carboxylic acids is 2. The average Bonchev–Trinajstić information content (AvgIpc) is 2.53. The number of amides is 2. The van der Waals surface area contributed by atoms with Gasteiger partial charge in [-0.15, -0.1) is 0 Å². The zero-order valence-electron chi connectivity index (χ0n) is 8.58. The maximum Gasteiger partial charge on any atom is 0.418 e. The molecule has 1 N–H and O–H groups in total. The number of alkyl carbamates (subject to hydrolysis) is 1. The summed E-state index contributed by atoms with van der Waals surface area (Å²) in [6, 6.07) is -0.0196. The Morgan fingerprint density at radius 2 is 1.86 bits per heavy atom. The maximum atomic E-state index is 11.3. The number of nitrogens with zero attached hydrogens (tertiary/aromatic N) is 1. The number of hydrogen-bond acceptors (Lipinski definition) is 3. The summed E-state index contributed by atoms with van der Waals surface area (Å²) in [6.45, 7) is 4.99. The topological polar surface area (TPSA) is 58.6 Å². The monoisotopic (exact) mass is 200 g/mol. The van der Waals surface area contributed by atoms with Crippen molar-refractivity contribution in [3.05, 3.63) is 0 Å². The minimum absolute atomic E-state index is 0.0196. The summed E-state index contributed by atoms with van der Waals surface area (Å²) < 4.78 is 4.58. The number of nitrogens with one attached hydrogen (secondary N) is 1. The minimum Gasteiger partial charge on any atom is -0.359 e. The van der Waals surface area contributed by atoms with Crippen molar-refractivity contribution in [1.82, 2.24) is 10.2 Å². The van der Waals surface area contributed by atoms with Crippen LogP contribution in [0.15, 0.2) is 0 Å². The molecule has 1 aliphatic rings. The first kappa shape index (κ1) is 10.8. The first-order valence-corrected chi connectivity index (χ1v) is 4.87. The maximum absolute atomic E-state index is 11.3. The fourth-order valence-electron chi connectivity index (χ4n) is 1.31. The predicted molar refractivity (Wildman–Crippen MR) is 51.0 cm³/mol. The van der Waals surface area contributed by atoms with Gasteiger partial charge in [0.1, 0.15) is 0 Å². The van der Waals surface area contributed by atoms with E-state index in [0.29, 0.717) is 13.1 Å². The highest BCUT2D eigenvalue weighted by Gasteiger charge is 2.21. The van der Waals surface area contributed by atoms with E-state index in [1.54, 1.807) is 4.90 Å². The molecule has 1 saturated heterocycles. The predicted octanol–water partition coefficient (Wildman–Crippen LogP) is 1.34. The van der Waals surface area contributed by atoms with Crippen LogP contribution in [0, 0.1) is 0 Å². The molecule has 0 aromatic heterocycles. The van der Waals surface area contributed by atoms with E-state index in [2.05, 4.69) is 10.1 Å². The number of rotatable bonds is 1. The van der Waals surface area contributed by atoms with Crippen LogP contribution in [0.1, 0.15) is 26.7 Å². The number of carbonyl (C=O) groups is 2. The van der Waals surface area contributed by atoms with Gasteiger partial charge in [0, 0.05) is 19.1 Å². The molecule has 0 radical (unpaired) electrons. The lowest BCUT2D eigenvalue weighted by atomic mass is 10.4. The van der Waals surface area contributed by atoms with Gasteiger partial charge in [-0.3, -0.25) is 0 Å². The third-order valence-electron chi connectivity index (χ3n) is 1.95. The van der Waals surface area contributed by atoms with Gasteiger partial charge in [-0.1, -0.05) is 0 Å². The van der Waals surface area contributed by atoms with Gasteiger partial charge in [0.2, 0.25) is 0 Å². The fraction of sp³-hybridized carbons (Fsp3) is 0.778. The van der Waals surface area contributed by atoms with Gasteiger partial charge in [0.25, 0.3) is 0 Å². The zero-order chi connectivity index (χ0) is 10.6. The smallest absolute Gasteiger partial charge is 0.359 e. The van der Waals surface area contributed by atoms with Crippen molar-refractivity contribution in [2.75, 3.05) is 13.1 Å². The quantitative estimate of drug-likeness (QED) is 0.650. The Morgan fingerprint density at radius 3 is 2.36 bits per heavy atom. The molecular weight excluding hydrogens is 184 g/mol. The molecule has 0 unspecified atom stereocenters. The lowest BCUT2D eigenvalue weighted by Gasteiger charge is -2.14. The standard InChI is InChI=1S/C9H16N2O3/c1-7(2)10-8(12)14-9(13)11-5-3-4-6-11/h7H,3-6H2,1-2H3,(H,10,12). The molecule has 0 aromatic rings. The van der Waals surface area contributed by atoms with E-state index in [9.17, 15) is 9.59 Å². The normalized spacial score (nSPS) is 15.8. The summed E-state index contributed by atoms with van der Waals surface area (Å²) >= 11 is 0. The van der Waals surface area contributed by atoms with E-state index < -0.39 is 12.2 Å². The van der Waals surface area contributed by atoms with Gasteiger partial charge in [-0.25, -0.2) is 9.59 Å². The van der Waals surface area contributed by atoms with Crippen LogP contribution < -0.4 is 5.32 Å². The first-order valence-electron chi connectivity index (χ1n) is 4.87. The molecule has 1 heterocycles. The number of hydrogen-bond donors (Lipinski definition) is 1. The van der Waals surface area contributed by atoms with Crippen LogP contribution in [-0.4, -0.2) is 36.2 Å². The summed E-state index contributed by atoms with van der Waals surface area (Å²) in [7, 11) is 0. The van der Waals surface area contributed by atoms with Crippen LogP contribution in [0.25, 0.3) is 0 Å². The van der Waals surface area contributed by atoms with Gasteiger partial charge >= 0.3 is 12.2 Å². The fourth-order valence-corrected chi connectivity index (χ4v) is 1.31. The second kappa shape index (κ2) is 4.83. The molecule has 0 aliphatic carbocycles. The van der Waals surface area contributed by atoms with Gasteiger partial charge in [-0.05, 0) is 26.7 Å². The van der Waals surface area contributed by atoms with Crippen LogP contribution in [0.5, 0.6) is 0 Å². The Balaban J connectivity index is 2.28. The lowest BCUT2D eigenvalue weighted by Crippen LogP contribution is -2.37. The first-order chi connectivity index (χ1) is 6.59. The van der Waals surface area contributed by atoms with Gasteiger partial charge in [0.05, 0.1) is 0 Å². The summed E-state index contributed by atoms with van der Waals surface area (Å²) in [6.07, 6.45) is 0.763. The van der Waals surface area contributed by atoms with Crippen molar-refractivity contribution in [1.29, 1.82) is 0 Å². The van der Waals surface area contributed by atoms with E-state index in [0.717, 1.165) is 12.8 Å². The summed E-state index contributed by atoms with van der Waals surface area (Å²) in [5.41, 5.74) is 0.